The van der Waals surface area contributed by atoms with E-state index >= 15 is 0 Å². The number of phenolic OH excluding ortho intramolecular Hbond substituents is 1. The standard InChI is InChI=1S/C20H28O2/c1-11-8-13-9-14(21)4-5-15(13)18-12(2)10-20(3)16(19(11)18)6-7-17(20)22/h4-5,9,11-12,16-19,21-22H,6-8,10H2,1-3H3/t11-,12+,16?,17?,18?,19?,20+/m1/s1. The highest BCUT2D eigenvalue weighted by Gasteiger charge is 2.58. The Hall–Kier alpha value is -1.02. The molecule has 0 heterocycles. The fourth-order valence-corrected chi connectivity index (χ4v) is 6.46. The molecular weight excluding hydrogens is 272 g/mol. The van der Waals surface area contributed by atoms with Gasteiger partial charge in [0.05, 0.1) is 6.10 Å². The van der Waals surface area contributed by atoms with Crippen molar-refractivity contribution in [2.24, 2.45) is 29.1 Å². The van der Waals surface area contributed by atoms with E-state index in [0.717, 1.165) is 19.3 Å². The fraction of sp³-hybridized carbons (Fsp3) is 0.700. The van der Waals surface area contributed by atoms with Crippen molar-refractivity contribution in [3.63, 3.8) is 0 Å². The van der Waals surface area contributed by atoms with Gasteiger partial charge >= 0.3 is 0 Å². The number of hydrogen-bond donors (Lipinski definition) is 2. The lowest BCUT2D eigenvalue weighted by molar-refractivity contribution is -0.0574. The maximum atomic E-state index is 10.6. The Balaban J connectivity index is 1.81. The Bertz CT molecular complexity index is 595. The van der Waals surface area contributed by atoms with E-state index in [2.05, 4.69) is 26.8 Å². The fourth-order valence-electron chi connectivity index (χ4n) is 6.46. The minimum Gasteiger partial charge on any atom is -0.508 e. The number of hydrogen-bond acceptors (Lipinski definition) is 2. The number of aliphatic hydroxyl groups is 1. The summed E-state index contributed by atoms with van der Waals surface area (Å²) in [6, 6.07) is 6.00. The molecule has 0 aromatic heterocycles. The van der Waals surface area contributed by atoms with Gasteiger partial charge in [-0.15, -0.1) is 0 Å². The third-order valence-corrected chi connectivity index (χ3v) is 7.30. The van der Waals surface area contributed by atoms with Crippen LogP contribution in [0, 0.1) is 29.1 Å². The molecule has 0 saturated heterocycles. The molecule has 0 amide bonds. The second kappa shape index (κ2) is 4.74. The van der Waals surface area contributed by atoms with E-state index < -0.39 is 0 Å². The third-order valence-electron chi connectivity index (χ3n) is 7.30. The van der Waals surface area contributed by atoms with Gasteiger partial charge in [0, 0.05) is 0 Å². The van der Waals surface area contributed by atoms with Crippen LogP contribution >= 0.6 is 0 Å². The Kier molecular flexibility index (Phi) is 3.14. The number of aliphatic hydroxyl groups excluding tert-OH is 1. The first kappa shape index (κ1) is 14.6. The van der Waals surface area contributed by atoms with Gasteiger partial charge in [-0.3, -0.25) is 0 Å². The summed E-state index contributed by atoms with van der Waals surface area (Å²) in [6.45, 7) is 7.09. The molecule has 0 aliphatic heterocycles. The monoisotopic (exact) mass is 300 g/mol. The van der Waals surface area contributed by atoms with Crippen molar-refractivity contribution in [3.05, 3.63) is 29.3 Å². The van der Waals surface area contributed by atoms with Crippen LogP contribution in [0.3, 0.4) is 0 Å². The van der Waals surface area contributed by atoms with E-state index in [1.807, 2.05) is 12.1 Å². The second-order valence-corrected chi connectivity index (χ2v) is 8.55. The molecule has 22 heavy (non-hydrogen) atoms. The topological polar surface area (TPSA) is 40.5 Å². The average Bonchev–Trinajstić information content (AvgIpc) is 2.74. The second-order valence-electron chi connectivity index (χ2n) is 8.55. The van der Waals surface area contributed by atoms with Crippen LogP contribution < -0.4 is 0 Å². The molecule has 2 saturated carbocycles. The first-order chi connectivity index (χ1) is 10.4. The summed E-state index contributed by atoms with van der Waals surface area (Å²) in [4.78, 5) is 0. The van der Waals surface area contributed by atoms with E-state index in [1.54, 1.807) is 0 Å². The van der Waals surface area contributed by atoms with Gasteiger partial charge in [0.1, 0.15) is 5.75 Å². The maximum Gasteiger partial charge on any atom is 0.115 e. The molecule has 2 nitrogen and oxygen atoms in total. The van der Waals surface area contributed by atoms with E-state index in [1.165, 1.54) is 17.5 Å². The van der Waals surface area contributed by atoms with Gasteiger partial charge in [0.25, 0.3) is 0 Å². The summed E-state index contributed by atoms with van der Waals surface area (Å²) in [5, 5.41) is 20.4. The molecule has 2 N–H and O–H groups in total. The molecule has 0 radical (unpaired) electrons. The summed E-state index contributed by atoms with van der Waals surface area (Å²) in [6.07, 6.45) is 4.25. The highest BCUT2D eigenvalue weighted by atomic mass is 16.3. The summed E-state index contributed by atoms with van der Waals surface area (Å²) in [5.41, 5.74) is 2.93. The smallest absolute Gasteiger partial charge is 0.115 e. The van der Waals surface area contributed by atoms with Crippen molar-refractivity contribution in [3.8, 4) is 5.75 Å². The molecule has 1 aromatic carbocycles. The normalized spacial score (nSPS) is 46.7. The van der Waals surface area contributed by atoms with Crippen LogP contribution in [0.25, 0.3) is 0 Å². The Morgan fingerprint density at radius 3 is 2.68 bits per heavy atom. The van der Waals surface area contributed by atoms with Crippen LogP contribution in [0.5, 0.6) is 5.75 Å². The maximum absolute atomic E-state index is 10.6. The quantitative estimate of drug-likeness (QED) is 0.757. The molecule has 120 valence electrons. The highest BCUT2D eigenvalue weighted by molar-refractivity contribution is 5.41. The van der Waals surface area contributed by atoms with Crippen molar-refractivity contribution in [1.29, 1.82) is 0 Å². The zero-order chi connectivity index (χ0) is 15.6. The van der Waals surface area contributed by atoms with E-state index in [4.69, 9.17) is 0 Å². The van der Waals surface area contributed by atoms with Crippen LogP contribution in [0.4, 0.5) is 0 Å². The van der Waals surface area contributed by atoms with Gasteiger partial charge in [-0.1, -0.05) is 26.8 Å². The van der Waals surface area contributed by atoms with E-state index in [9.17, 15) is 10.2 Å². The van der Waals surface area contributed by atoms with Gasteiger partial charge in [-0.05, 0) is 83.9 Å². The van der Waals surface area contributed by atoms with Crippen molar-refractivity contribution in [2.45, 2.75) is 58.5 Å². The summed E-state index contributed by atoms with van der Waals surface area (Å²) in [7, 11) is 0. The Labute approximate surface area is 133 Å². The molecule has 3 aliphatic carbocycles. The van der Waals surface area contributed by atoms with Crippen molar-refractivity contribution in [1.82, 2.24) is 0 Å². The van der Waals surface area contributed by atoms with Crippen molar-refractivity contribution >= 4 is 0 Å². The molecule has 3 aliphatic rings. The first-order valence-corrected chi connectivity index (χ1v) is 8.91. The lowest BCUT2D eigenvalue weighted by Gasteiger charge is -2.55. The zero-order valence-electron chi connectivity index (χ0n) is 13.9. The SMILES string of the molecule is C[C@@H]1Cc2cc(O)ccc2C2C1C1CCC(O)[C@@]1(C)C[C@@H]2C. The summed E-state index contributed by atoms with van der Waals surface area (Å²) in [5.74, 6) is 3.57. The van der Waals surface area contributed by atoms with Crippen LogP contribution in [-0.4, -0.2) is 16.3 Å². The molecule has 2 fully saturated rings. The molecule has 2 heteroatoms. The molecule has 1 aromatic rings. The van der Waals surface area contributed by atoms with Gasteiger partial charge in [-0.2, -0.15) is 0 Å². The molecule has 4 rings (SSSR count). The average molecular weight is 300 g/mol. The number of phenols is 1. The largest absolute Gasteiger partial charge is 0.508 e. The van der Waals surface area contributed by atoms with E-state index in [-0.39, 0.29) is 11.5 Å². The minimum absolute atomic E-state index is 0.114. The molecule has 0 bridgehead atoms. The van der Waals surface area contributed by atoms with E-state index in [0.29, 0.717) is 35.3 Å². The first-order valence-electron chi connectivity index (χ1n) is 8.91. The van der Waals surface area contributed by atoms with Crippen LogP contribution in [0.15, 0.2) is 18.2 Å². The predicted molar refractivity (Wildman–Crippen MR) is 87.8 cm³/mol. The van der Waals surface area contributed by atoms with Crippen LogP contribution in [0.1, 0.15) is 57.1 Å². The van der Waals surface area contributed by atoms with Gasteiger partial charge < -0.3 is 10.2 Å². The van der Waals surface area contributed by atoms with Crippen molar-refractivity contribution < 1.29 is 10.2 Å². The Morgan fingerprint density at radius 1 is 1.14 bits per heavy atom. The lowest BCUT2D eigenvalue weighted by Crippen LogP contribution is -2.49. The highest BCUT2D eigenvalue weighted by Crippen LogP contribution is 2.63. The molecule has 7 atom stereocenters. The van der Waals surface area contributed by atoms with Gasteiger partial charge in [-0.25, -0.2) is 0 Å². The van der Waals surface area contributed by atoms with Gasteiger partial charge in [0.2, 0.25) is 0 Å². The van der Waals surface area contributed by atoms with Crippen molar-refractivity contribution in [2.75, 3.05) is 0 Å². The predicted octanol–water partition coefficient (Wildman–Crippen LogP) is 4.10. The molecule has 0 spiro atoms. The summed E-state index contributed by atoms with van der Waals surface area (Å²) < 4.78 is 0. The lowest BCUT2D eigenvalue weighted by atomic mass is 9.50. The minimum atomic E-state index is -0.116. The van der Waals surface area contributed by atoms with Gasteiger partial charge in [0.15, 0.2) is 0 Å². The third kappa shape index (κ3) is 1.83. The van der Waals surface area contributed by atoms with Crippen LogP contribution in [0.2, 0.25) is 0 Å². The number of benzene rings is 1. The number of aromatic hydroxyl groups is 1. The molecular formula is C20H28O2. The number of fused-ring (bicyclic) bond motifs is 5. The molecule has 4 unspecified atom stereocenters. The number of rotatable bonds is 0. The summed E-state index contributed by atoms with van der Waals surface area (Å²) >= 11 is 0. The Morgan fingerprint density at radius 2 is 1.91 bits per heavy atom. The zero-order valence-corrected chi connectivity index (χ0v) is 13.9. The van der Waals surface area contributed by atoms with Crippen LogP contribution in [-0.2, 0) is 6.42 Å².